The fourth-order valence-corrected chi connectivity index (χ4v) is 2.51. The van der Waals surface area contributed by atoms with Gasteiger partial charge in [0, 0.05) is 13.2 Å². The predicted octanol–water partition coefficient (Wildman–Crippen LogP) is 1.80. The standard InChI is InChI=1S/C11H22O2/c1-9(4-6-12)11-3-2-10(8-11)5-7-13/h9-13H,2-8H2,1H3. The molecule has 2 nitrogen and oxygen atoms in total. The largest absolute Gasteiger partial charge is 0.396 e. The summed E-state index contributed by atoms with van der Waals surface area (Å²) in [4.78, 5) is 0. The topological polar surface area (TPSA) is 40.5 Å². The van der Waals surface area contributed by atoms with Crippen LogP contribution in [0.5, 0.6) is 0 Å². The van der Waals surface area contributed by atoms with Crippen molar-refractivity contribution in [2.45, 2.75) is 39.0 Å². The molecule has 0 spiro atoms. The van der Waals surface area contributed by atoms with Crippen molar-refractivity contribution in [2.75, 3.05) is 13.2 Å². The molecule has 0 aromatic carbocycles. The third kappa shape index (κ3) is 3.28. The lowest BCUT2D eigenvalue weighted by molar-refractivity contribution is 0.222. The fourth-order valence-electron chi connectivity index (χ4n) is 2.51. The van der Waals surface area contributed by atoms with Gasteiger partial charge in [0.1, 0.15) is 0 Å². The van der Waals surface area contributed by atoms with Crippen molar-refractivity contribution in [3.8, 4) is 0 Å². The Morgan fingerprint density at radius 2 is 2.00 bits per heavy atom. The van der Waals surface area contributed by atoms with Gasteiger partial charge in [0.05, 0.1) is 0 Å². The first-order chi connectivity index (χ1) is 6.27. The number of hydrogen-bond acceptors (Lipinski definition) is 2. The number of aliphatic hydroxyl groups excluding tert-OH is 2. The van der Waals surface area contributed by atoms with Gasteiger partial charge in [-0.25, -0.2) is 0 Å². The maximum atomic E-state index is 8.83. The molecule has 3 unspecified atom stereocenters. The highest BCUT2D eigenvalue weighted by Gasteiger charge is 2.27. The minimum atomic E-state index is 0.322. The zero-order valence-corrected chi connectivity index (χ0v) is 8.58. The van der Waals surface area contributed by atoms with Crippen LogP contribution >= 0.6 is 0 Å². The van der Waals surface area contributed by atoms with Crippen LogP contribution < -0.4 is 0 Å². The van der Waals surface area contributed by atoms with E-state index in [1.807, 2.05) is 0 Å². The van der Waals surface area contributed by atoms with Gasteiger partial charge in [-0.1, -0.05) is 13.3 Å². The Hall–Kier alpha value is -0.0800. The summed E-state index contributed by atoms with van der Waals surface area (Å²) in [7, 11) is 0. The Balaban J connectivity index is 2.23. The van der Waals surface area contributed by atoms with E-state index in [2.05, 4.69) is 6.92 Å². The zero-order chi connectivity index (χ0) is 9.68. The van der Waals surface area contributed by atoms with Gasteiger partial charge < -0.3 is 10.2 Å². The average molecular weight is 186 g/mol. The number of rotatable bonds is 5. The van der Waals surface area contributed by atoms with E-state index in [-0.39, 0.29) is 0 Å². The summed E-state index contributed by atoms with van der Waals surface area (Å²) in [5.41, 5.74) is 0. The molecule has 1 rings (SSSR count). The Morgan fingerprint density at radius 3 is 2.62 bits per heavy atom. The van der Waals surface area contributed by atoms with Crippen LogP contribution in [0.15, 0.2) is 0 Å². The van der Waals surface area contributed by atoms with Gasteiger partial charge in [-0.15, -0.1) is 0 Å². The Labute approximate surface area is 81.0 Å². The van der Waals surface area contributed by atoms with Crippen LogP contribution in [-0.4, -0.2) is 23.4 Å². The zero-order valence-electron chi connectivity index (χ0n) is 8.58. The van der Waals surface area contributed by atoms with E-state index in [4.69, 9.17) is 10.2 Å². The van der Waals surface area contributed by atoms with Crippen LogP contribution in [0.2, 0.25) is 0 Å². The van der Waals surface area contributed by atoms with Crippen LogP contribution in [0.25, 0.3) is 0 Å². The molecule has 1 aliphatic rings. The summed E-state index contributed by atoms with van der Waals surface area (Å²) < 4.78 is 0. The van der Waals surface area contributed by atoms with Crippen LogP contribution in [0.3, 0.4) is 0 Å². The second-order valence-electron chi connectivity index (χ2n) is 4.44. The van der Waals surface area contributed by atoms with E-state index in [0.29, 0.717) is 19.1 Å². The number of aliphatic hydroxyl groups is 2. The smallest absolute Gasteiger partial charge is 0.0433 e. The molecule has 78 valence electrons. The summed E-state index contributed by atoms with van der Waals surface area (Å²) in [5.74, 6) is 2.20. The van der Waals surface area contributed by atoms with Crippen LogP contribution in [0.4, 0.5) is 0 Å². The van der Waals surface area contributed by atoms with Gasteiger partial charge in [0.15, 0.2) is 0 Å². The Bertz CT molecular complexity index is 136. The first-order valence-electron chi connectivity index (χ1n) is 5.49. The molecule has 0 amide bonds. The first kappa shape index (κ1) is 11.0. The molecule has 0 saturated heterocycles. The van der Waals surface area contributed by atoms with E-state index in [9.17, 15) is 0 Å². The highest BCUT2D eigenvalue weighted by Crippen LogP contribution is 2.38. The maximum Gasteiger partial charge on any atom is 0.0433 e. The molecule has 0 aliphatic heterocycles. The van der Waals surface area contributed by atoms with Crippen LogP contribution in [0, 0.1) is 17.8 Å². The third-order valence-corrected chi connectivity index (χ3v) is 3.51. The lowest BCUT2D eigenvalue weighted by atomic mass is 9.89. The molecule has 1 saturated carbocycles. The Kier molecular flexibility index (Phi) is 4.74. The third-order valence-electron chi connectivity index (χ3n) is 3.51. The van der Waals surface area contributed by atoms with Crippen LogP contribution in [-0.2, 0) is 0 Å². The molecule has 0 aromatic heterocycles. The molecule has 1 aliphatic carbocycles. The first-order valence-corrected chi connectivity index (χ1v) is 5.49. The van der Waals surface area contributed by atoms with E-state index in [1.54, 1.807) is 0 Å². The van der Waals surface area contributed by atoms with Gasteiger partial charge in [-0.3, -0.25) is 0 Å². The minimum absolute atomic E-state index is 0.322. The summed E-state index contributed by atoms with van der Waals surface area (Å²) in [6.45, 7) is 2.90. The van der Waals surface area contributed by atoms with Crippen LogP contribution in [0.1, 0.15) is 39.0 Å². The summed E-state index contributed by atoms with van der Waals surface area (Å²) in [6.07, 6.45) is 5.76. The minimum Gasteiger partial charge on any atom is -0.396 e. The van der Waals surface area contributed by atoms with Crippen molar-refractivity contribution in [1.29, 1.82) is 0 Å². The molecule has 1 fully saturated rings. The van der Waals surface area contributed by atoms with Crippen molar-refractivity contribution in [1.82, 2.24) is 0 Å². The van der Waals surface area contributed by atoms with Crippen molar-refractivity contribution >= 4 is 0 Å². The van der Waals surface area contributed by atoms with Crippen molar-refractivity contribution < 1.29 is 10.2 Å². The van der Waals surface area contributed by atoms with Crippen molar-refractivity contribution in [2.24, 2.45) is 17.8 Å². The molecule has 13 heavy (non-hydrogen) atoms. The summed E-state index contributed by atoms with van der Waals surface area (Å²) in [5, 5.41) is 17.6. The summed E-state index contributed by atoms with van der Waals surface area (Å²) in [6, 6.07) is 0. The van der Waals surface area contributed by atoms with E-state index < -0.39 is 0 Å². The molecule has 0 bridgehead atoms. The second-order valence-corrected chi connectivity index (χ2v) is 4.44. The highest BCUT2D eigenvalue weighted by molar-refractivity contribution is 4.78. The predicted molar refractivity (Wildman–Crippen MR) is 53.4 cm³/mol. The highest BCUT2D eigenvalue weighted by atomic mass is 16.3. The molecular weight excluding hydrogens is 164 g/mol. The van der Waals surface area contributed by atoms with E-state index >= 15 is 0 Å². The fraction of sp³-hybridized carbons (Fsp3) is 1.00. The normalized spacial score (nSPS) is 30.7. The Morgan fingerprint density at radius 1 is 1.23 bits per heavy atom. The van der Waals surface area contributed by atoms with Crippen molar-refractivity contribution in [3.63, 3.8) is 0 Å². The van der Waals surface area contributed by atoms with Gasteiger partial charge in [0.2, 0.25) is 0 Å². The lowest BCUT2D eigenvalue weighted by Crippen LogP contribution is -2.10. The number of hydrogen-bond donors (Lipinski definition) is 2. The average Bonchev–Trinajstić information content (AvgIpc) is 2.54. The van der Waals surface area contributed by atoms with Gasteiger partial charge >= 0.3 is 0 Å². The molecule has 2 heteroatoms. The molecule has 0 heterocycles. The van der Waals surface area contributed by atoms with Crippen molar-refractivity contribution in [3.05, 3.63) is 0 Å². The second kappa shape index (κ2) is 5.61. The quantitative estimate of drug-likeness (QED) is 0.687. The maximum absolute atomic E-state index is 8.83. The molecule has 0 radical (unpaired) electrons. The van der Waals surface area contributed by atoms with Gasteiger partial charge in [-0.05, 0) is 43.4 Å². The van der Waals surface area contributed by atoms with Gasteiger partial charge in [0.25, 0.3) is 0 Å². The SMILES string of the molecule is CC(CCO)C1CCC(CCO)C1. The molecule has 3 atom stereocenters. The summed E-state index contributed by atoms with van der Waals surface area (Å²) >= 11 is 0. The van der Waals surface area contributed by atoms with E-state index in [0.717, 1.165) is 24.7 Å². The van der Waals surface area contributed by atoms with E-state index in [1.165, 1.54) is 19.3 Å². The molecule has 0 aromatic rings. The van der Waals surface area contributed by atoms with Gasteiger partial charge in [-0.2, -0.15) is 0 Å². The lowest BCUT2D eigenvalue weighted by Gasteiger charge is -2.18. The monoisotopic (exact) mass is 186 g/mol. The molecular formula is C11H22O2. The molecule has 2 N–H and O–H groups in total.